The van der Waals surface area contributed by atoms with Crippen LogP contribution in [-0.2, 0) is 4.74 Å². The summed E-state index contributed by atoms with van der Waals surface area (Å²) in [6, 6.07) is 7.90. The largest absolute Gasteiger partial charge is 0.373 e. The zero-order chi connectivity index (χ0) is 17.1. The maximum atomic E-state index is 8.87. The lowest BCUT2D eigenvalue weighted by Gasteiger charge is -2.39. The Kier molecular flexibility index (Phi) is 4.20. The van der Waals surface area contributed by atoms with Gasteiger partial charge >= 0.3 is 0 Å². The van der Waals surface area contributed by atoms with E-state index < -0.39 is 0 Å². The van der Waals surface area contributed by atoms with Crippen molar-refractivity contribution in [2.24, 2.45) is 0 Å². The van der Waals surface area contributed by atoms with Gasteiger partial charge in [0.2, 0.25) is 5.95 Å². The minimum absolute atomic E-state index is 0.0600. The molecule has 2 aliphatic rings. The molecule has 2 saturated heterocycles. The summed E-state index contributed by atoms with van der Waals surface area (Å²) in [4.78, 5) is 15.1. The minimum Gasteiger partial charge on any atom is -0.373 e. The molecule has 7 heteroatoms. The summed E-state index contributed by atoms with van der Waals surface area (Å²) >= 11 is 0. The van der Waals surface area contributed by atoms with E-state index in [2.05, 4.69) is 31.2 Å². The van der Waals surface area contributed by atoms with Gasteiger partial charge in [-0.25, -0.2) is 15.0 Å². The van der Waals surface area contributed by atoms with Gasteiger partial charge in [-0.3, -0.25) is 0 Å². The van der Waals surface area contributed by atoms with Crippen molar-refractivity contribution in [2.75, 3.05) is 29.9 Å². The highest BCUT2D eigenvalue weighted by Gasteiger charge is 2.43. The predicted molar refractivity (Wildman–Crippen MR) is 93.1 cm³/mol. The highest BCUT2D eigenvalue weighted by Crippen LogP contribution is 2.37. The molecule has 0 aromatic carbocycles. The fourth-order valence-corrected chi connectivity index (χ4v) is 3.62. The smallest absolute Gasteiger partial charge is 0.222 e. The first-order valence-electron chi connectivity index (χ1n) is 8.55. The Hall–Kier alpha value is -2.72. The number of nitriles is 1. The first kappa shape index (κ1) is 15.8. The molecule has 1 spiro atoms. The first-order valence-corrected chi connectivity index (χ1v) is 8.55. The normalized spacial score (nSPS) is 21.9. The summed E-state index contributed by atoms with van der Waals surface area (Å²) in [7, 11) is 0. The molecule has 1 N–H and O–H groups in total. The van der Waals surface area contributed by atoms with Crippen LogP contribution in [0.25, 0.3) is 0 Å². The Morgan fingerprint density at radius 1 is 1.20 bits per heavy atom. The maximum Gasteiger partial charge on any atom is 0.222 e. The van der Waals surface area contributed by atoms with E-state index in [1.165, 1.54) is 0 Å². The van der Waals surface area contributed by atoms with Crippen LogP contribution in [0, 0.1) is 11.3 Å². The summed E-state index contributed by atoms with van der Waals surface area (Å²) in [6.45, 7) is 2.51. The lowest BCUT2D eigenvalue weighted by molar-refractivity contribution is -0.0148. The van der Waals surface area contributed by atoms with Crippen molar-refractivity contribution in [2.45, 2.75) is 30.9 Å². The monoisotopic (exact) mass is 336 g/mol. The molecule has 1 atom stereocenters. The van der Waals surface area contributed by atoms with E-state index >= 15 is 0 Å². The van der Waals surface area contributed by atoms with Crippen LogP contribution in [0.1, 0.15) is 24.8 Å². The van der Waals surface area contributed by atoms with E-state index in [4.69, 9.17) is 10.00 Å². The lowest BCUT2D eigenvalue weighted by Crippen LogP contribution is -2.44. The number of nitrogens with zero attached hydrogens (tertiary/aromatic N) is 5. The molecule has 25 heavy (non-hydrogen) atoms. The molecule has 2 aromatic heterocycles. The van der Waals surface area contributed by atoms with Gasteiger partial charge in [0.25, 0.3) is 0 Å². The van der Waals surface area contributed by atoms with Crippen molar-refractivity contribution in [3.63, 3.8) is 0 Å². The Bertz CT molecular complexity index is 749. The van der Waals surface area contributed by atoms with Crippen LogP contribution in [0.3, 0.4) is 0 Å². The van der Waals surface area contributed by atoms with Gasteiger partial charge in [0.05, 0.1) is 23.8 Å². The zero-order valence-corrected chi connectivity index (χ0v) is 13.9. The van der Waals surface area contributed by atoms with Crippen molar-refractivity contribution in [3.05, 3.63) is 42.4 Å². The third kappa shape index (κ3) is 3.39. The Balaban J connectivity index is 1.34. The second kappa shape index (κ2) is 6.65. The van der Waals surface area contributed by atoms with Crippen molar-refractivity contribution >= 4 is 11.8 Å². The summed E-state index contributed by atoms with van der Waals surface area (Å²) in [5, 5.41) is 12.2. The number of ether oxygens (including phenoxy) is 1. The van der Waals surface area contributed by atoms with Crippen molar-refractivity contribution in [1.82, 2.24) is 15.0 Å². The molecule has 7 nitrogen and oxygen atoms in total. The van der Waals surface area contributed by atoms with Crippen molar-refractivity contribution in [3.8, 4) is 6.07 Å². The molecule has 0 amide bonds. The van der Waals surface area contributed by atoms with Gasteiger partial charge in [0, 0.05) is 31.7 Å². The number of piperidine rings is 1. The van der Waals surface area contributed by atoms with Crippen LogP contribution in [0.5, 0.6) is 0 Å². The third-order valence-corrected chi connectivity index (χ3v) is 4.98. The topological polar surface area (TPSA) is 87.0 Å². The Morgan fingerprint density at radius 3 is 2.68 bits per heavy atom. The quantitative estimate of drug-likeness (QED) is 0.917. The van der Waals surface area contributed by atoms with Gasteiger partial charge < -0.3 is 15.0 Å². The summed E-state index contributed by atoms with van der Waals surface area (Å²) in [6.07, 6.45) is 8.03. The third-order valence-electron chi connectivity index (χ3n) is 4.98. The van der Waals surface area contributed by atoms with E-state index in [9.17, 15) is 0 Å². The molecule has 2 aromatic rings. The fraction of sp³-hybridized carbons (Fsp3) is 0.444. The summed E-state index contributed by atoms with van der Waals surface area (Å²) in [5.74, 6) is 1.59. The first-order chi connectivity index (χ1) is 12.3. The van der Waals surface area contributed by atoms with Gasteiger partial charge in [-0.15, -0.1) is 0 Å². The van der Waals surface area contributed by atoms with Crippen LogP contribution >= 0.6 is 0 Å². The summed E-state index contributed by atoms with van der Waals surface area (Å²) < 4.78 is 6.18. The molecule has 0 bridgehead atoms. The fourth-order valence-electron chi connectivity index (χ4n) is 3.62. The average Bonchev–Trinajstić information content (AvgIpc) is 3.05. The van der Waals surface area contributed by atoms with Gasteiger partial charge in [0.15, 0.2) is 0 Å². The molecular weight excluding hydrogens is 316 g/mol. The Labute approximate surface area is 146 Å². The van der Waals surface area contributed by atoms with Gasteiger partial charge in [0.1, 0.15) is 11.9 Å². The van der Waals surface area contributed by atoms with E-state index in [1.54, 1.807) is 18.6 Å². The molecule has 0 radical (unpaired) electrons. The second-order valence-electron chi connectivity index (χ2n) is 6.62. The summed E-state index contributed by atoms with van der Waals surface area (Å²) in [5.41, 5.74) is 0.531. The molecule has 2 fully saturated rings. The molecule has 128 valence electrons. The van der Waals surface area contributed by atoms with Crippen molar-refractivity contribution in [1.29, 1.82) is 5.26 Å². The van der Waals surface area contributed by atoms with Gasteiger partial charge in [-0.05, 0) is 37.5 Å². The second-order valence-corrected chi connectivity index (χ2v) is 6.62. The number of hydrogen-bond donors (Lipinski definition) is 1. The number of anilines is 2. The molecule has 0 saturated carbocycles. The number of pyridine rings is 1. The zero-order valence-electron chi connectivity index (χ0n) is 13.9. The lowest BCUT2D eigenvalue weighted by atomic mass is 9.87. The average molecular weight is 336 g/mol. The van der Waals surface area contributed by atoms with E-state index in [0.29, 0.717) is 18.1 Å². The standard InChI is InChI=1S/C18H20N6O/c19-11-14-2-3-16(22-12-14)24-8-4-18(5-9-24)10-15(13-25-18)23-17-20-6-1-7-21-17/h1-3,6-7,12,15H,4-5,8-10,13H2,(H,20,21,23)/t15-/m1/s1. The molecular formula is C18H20N6O. The molecule has 0 unspecified atom stereocenters. The number of aromatic nitrogens is 3. The van der Waals surface area contributed by atoms with E-state index in [1.807, 2.05) is 18.2 Å². The molecule has 2 aliphatic heterocycles. The number of nitrogens with one attached hydrogen (secondary N) is 1. The van der Waals surface area contributed by atoms with Crippen molar-refractivity contribution < 1.29 is 4.74 Å². The number of hydrogen-bond acceptors (Lipinski definition) is 7. The highest BCUT2D eigenvalue weighted by molar-refractivity contribution is 5.42. The predicted octanol–water partition coefficient (Wildman–Crippen LogP) is 1.98. The molecule has 0 aliphatic carbocycles. The maximum absolute atomic E-state index is 8.87. The van der Waals surface area contributed by atoms with E-state index in [-0.39, 0.29) is 11.6 Å². The van der Waals surface area contributed by atoms with Crippen LogP contribution < -0.4 is 10.2 Å². The number of rotatable bonds is 3. The minimum atomic E-state index is -0.0600. The van der Waals surface area contributed by atoms with E-state index in [0.717, 1.165) is 38.2 Å². The molecule has 4 heterocycles. The van der Waals surface area contributed by atoms with Crippen LogP contribution in [-0.4, -0.2) is 46.3 Å². The highest BCUT2D eigenvalue weighted by atomic mass is 16.5. The molecule has 4 rings (SSSR count). The van der Waals surface area contributed by atoms with Crippen LogP contribution in [0.2, 0.25) is 0 Å². The SMILES string of the molecule is N#Cc1ccc(N2CCC3(CC2)C[C@@H](Nc2ncccn2)CO3)nc1. The Morgan fingerprint density at radius 2 is 2.00 bits per heavy atom. The van der Waals surface area contributed by atoms with Gasteiger partial charge in [-0.2, -0.15) is 5.26 Å². The van der Waals surface area contributed by atoms with Crippen LogP contribution in [0.4, 0.5) is 11.8 Å². The van der Waals surface area contributed by atoms with Gasteiger partial charge in [-0.1, -0.05) is 0 Å². The van der Waals surface area contributed by atoms with Crippen LogP contribution in [0.15, 0.2) is 36.8 Å².